The van der Waals surface area contributed by atoms with Crippen molar-refractivity contribution in [2.75, 3.05) is 0 Å². The monoisotopic (exact) mass is 498 g/mol. The fourth-order valence-electron chi connectivity index (χ4n) is 7.84. The lowest BCUT2D eigenvalue weighted by Crippen LogP contribution is -2.41. The van der Waals surface area contributed by atoms with E-state index in [0.717, 1.165) is 25.2 Å². The zero-order chi connectivity index (χ0) is 26.4. The van der Waals surface area contributed by atoms with Crippen LogP contribution in [0.15, 0.2) is 77.4 Å². The van der Waals surface area contributed by atoms with Gasteiger partial charge in [0.05, 0.1) is 5.56 Å². The van der Waals surface area contributed by atoms with Crippen LogP contribution in [0.3, 0.4) is 0 Å². The molecule has 1 aromatic carbocycles. The fraction of sp³-hybridized carbons (Fsp3) is 0.571. The molecule has 0 radical (unpaired) electrons. The lowest BCUT2D eigenvalue weighted by atomic mass is 9.54. The van der Waals surface area contributed by atoms with Crippen molar-refractivity contribution in [1.82, 2.24) is 0 Å². The van der Waals surface area contributed by atoms with Crippen molar-refractivity contribution in [3.8, 4) is 0 Å². The molecule has 0 bridgehead atoms. The number of carbonyl (C=O) groups excluding carboxylic acids is 1. The molecule has 0 saturated heterocycles. The molecule has 4 aliphatic carbocycles. The second-order valence-electron chi connectivity index (χ2n) is 13.2. The number of hydrogen-bond acceptors (Lipinski definition) is 2. The van der Waals surface area contributed by atoms with Gasteiger partial charge in [0.2, 0.25) is 0 Å². The molecule has 4 aliphatic rings. The van der Waals surface area contributed by atoms with Crippen molar-refractivity contribution in [2.45, 2.75) is 86.2 Å². The van der Waals surface area contributed by atoms with Crippen molar-refractivity contribution < 1.29 is 9.53 Å². The first-order valence-electron chi connectivity index (χ1n) is 14.7. The molecule has 0 spiro atoms. The number of esters is 1. The number of rotatable bonds is 6. The summed E-state index contributed by atoms with van der Waals surface area (Å²) in [4.78, 5) is 12.7. The Morgan fingerprint density at radius 2 is 1.76 bits per heavy atom. The highest BCUT2D eigenvalue weighted by Gasteiger charge is 2.54. The molecule has 0 amide bonds. The van der Waals surface area contributed by atoms with Gasteiger partial charge in [0.1, 0.15) is 6.10 Å². The van der Waals surface area contributed by atoms with Gasteiger partial charge in [-0.3, -0.25) is 0 Å². The highest BCUT2D eigenvalue weighted by Crippen LogP contribution is 2.64. The molecule has 2 heteroatoms. The zero-order valence-electron chi connectivity index (χ0n) is 23.8. The third-order valence-electron chi connectivity index (χ3n) is 10.7. The number of benzene rings is 1. The molecule has 0 heterocycles. The minimum Gasteiger partial charge on any atom is -0.458 e. The first kappa shape index (κ1) is 26.3. The molecule has 2 nitrogen and oxygen atoms in total. The van der Waals surface area contributed by atoms with Crippen LogP contribution in [0.4, 0.5) is 0 Å². The second kappa shape index (κ2) is 10.1. The van der Waals surface area contributed by atoms with E-state index < -0.39 is 0 Å². The maximum Gasteiger partial charge on any atom is 0.338 e. The maximum atomic E-state index is 12.7. The van der Waals surface area contributed by atoms with E-state index in [0.29, 0.717) is 34.7 Å². The SMILES string of the molecule is CC(C)C(C)/C=C\C(C)C1CCC2C3=CC=C4CC(OC(=O)c5ccccc5)CCC4(C)C3=CCC21C. The van der Waals surface area contributed by atoms with Gasteiger partial charge in [-0.25, -0.2) is 4.79 Å². The van der Waals surface area contributed by atoms with Gasteiger partial charge >= 0.3 is 5.97 Å². The smallest absolute Gasteiger partial charge is 0.338 e. The molecule has 37 heavy (non-hydrogen) atoms. The van der Waals surface area contributed by atoms with Crippen LogP contribution in [0.2, 0.25) is 0 Å². The summed E-state index contributed by atoms with van der Waals surface area (Å²) < 4.78 is 5.96. The van der Waals surface area contributed by atoms with Crippen molar-refractivity contribution in [1.29, 1.82) is 0 Å². The van der Waals surface area contributed by atoms with Gasteiger partial charge in [-0.05, 0) is 90.4 Å². The van der Waals surface area contributed by atoms with Crippen molar-refractivity contribution >= 4 is 5.97 Å². The van der Waals surface area contributed by atoms with E-state index in [1.54, 1.807) is 11.1 Å². The summed E-state index contributed by atoms with van der Waals surface area (Å²) in [7, 11) is 0. The van der Waals surface area contributed by atoms with Crippen LogP contribution in [-0.2, 0) is 4.74 Å². The molecule has 1 aromatic rings. The lowest BCUT2D eigenvalue weighted by Gasteiger charge is -2.50. The summed E-state index contributed by atoms with van der Waals surface area (Å²) in [6.45, 7) is 14.4. The van der Waals surface area contributed by atoms with Gasteiger partial charge in [0.15, 0.2) is 0 Å². The van der Waals surface area contributed by atoms with Crippen LogP contribution in [0, 0.1) is 40.4 Å². The predicted octanol–water partition coefficient (Wildman–Crippen LogP) is 9.12. The third-order valence-corrected chi connectivity index (χ3v) is 10.7. The van der Waals surface area contributed by atoms with Crippen LogP contribution in [0.5, 0.6) is 0 Å². The van der Waals surface area contributed by atoms with Gasteiger partial charge < -0.3 is 4.74 Å². The van der Waals surface area contributed by atoms with Gasteiger partial charge in [0, 0.05) is 11.8 Å². The Morgan fingerprint density at radius 1 is 1.00 bits per heavy atom. The summed E-state index contributed by atoms with van der Waals surface area (Å²) in [5, 5.41) is 0. The van der Waals surface area contributed by atoms with E-state index in [4.69, 9.17) is 4.74 Å². The summed E-state index contributed by atoms with van der Waals surface area (Å²) in [6.07, 6.45) is 19.0. The molecule has 5 rings (SSSR count). The Labute approximate surface area is 225 Å². The Morgan fingerprint density at radius 3 is 2.49 bits per heavy atom. The Bertz CT molecular complexity index is 1140. The zero-order valence-corrected chi connectivity index (χ0v) is 23.8. The minimum absolute atomic E-state index is 0.0341. The Kier molecular flexibility index (Phi) is 7.16. The van der Waals surface area contributed by atoms with Crippen LogP contribution < -0.4 is 0 Å². The van der Waals surface area contributed by atoms with Gasteiger partial charge in [0.25, 0.3) is 0 Å². The Balaban J connectivity index is 1.33. The standard InChI is InChI=1S/C35H46O2/c1-23(2)24(3)12-13-25(4)30-16-17-31-29-15-14-27-22-28(37-33(36)26-10-8-7-9-11-26)18-20-34(27,5)32(29)19-21-35(30,31)6/h7-15,19,23-25,28,30-31H,16-18,20-22H2,1-6H3/b13-12-. The summed E-state index contributed by atoms with van der Waals surface area (Å²) in [5.74, 6) is 3.14. The van der Waals surface area contributed by atoms with Crippen LogP contribution in [0.25, 0.3) is 0 Å². The summed E-state index contributed by atoms with van der Waals surface area (Å²) in [6, 6.07) is 9.39. The van der Waals surface area contributed by atoms with Crippen LogP contribution >= 0.6 is 0 Å². The number of carbonyl (C=O) groups is 1. The van der Waals surface area contributed by atoms with Crippen molar-refractivity contribution in [3.63, 3.8) is 0 Å². The van der Waals surface area contributed by atoms with E-state index in [2.05, 4.69) is 71.9 Å². The largest absolute Gasteiger partial charge is 0.458 e. The first-order chi connectivity index (χ1) is 17.6. The quantitative estimate of drug-likeness (QED) is 0.289. The van der Waals surface area contributed by atoms with E-state index in [-0.39, 0.29) is 17.5 Å². The van der Waals surface area contributed by atoms with E-state index >= 15 is 0 Å². The minimum atomic E-state index is -0.197. The van der Waals surface area contributed by atoms with Crippen LogP contribution in [0.1, 0.15) is 90.4 Å². The highest BCUT2D eigenvalue weighted by molar-refractivity contribution is 5.89. The molecule has 0 aromatic heterocycles. The Hall–Kier alpha value is -2.35. The maximum absolute atomic E-state index is 12.7. The van der Waals surface area contributed by atoms with Gasteiger partial charge in [-0.1, -0.05) is 95.7 Å². The number of allylic oxidation sites excluding steroid dienone is 7. The van der Waals surface area contributed by atoms with E-state index in [1.165, 1.54) is 24.8 Å². The molecule has 2 saturated carbocycles. The normalized spacial score (nSPS) is 34.6. The average molecular weight is 499 g/mol. The molecule has 198 valence electrons. The van der Waals surface area contributed by atoms with E-state index in [9.17, 15) is 4.79 Å². The summed E-state index contributed by atoms with van der Waals surface area (Å²) >= 11 is 0. The number of fused-ring (bicyclic) bond motifs is 5. The molecule has 7 unspecified atom stereocenters. The molecule has 2 fully saturated rings. The molecular weight excluding hydrogens is 452 g/mol. The highest BCUT2D eigenvalue weighted by atomic mass is 16.5. The topological polar surface area (TPSA) is 26.3 Å². The molecule has 0 aliphatic heterocycles. The van der Waals surface area contributed by atoms with Gasteiger partial charge in [-0.15, -0.1) is 0 Å². The molecule has 7 atom stereocenters. The average Bonchev–Trinajstić information content (AvgIpc) is 3.25. The van der Waals surface area contributed by atoms with Gasteiger partial charge in [-0.2, -0.15) is 0 Å². The second-order valence-corrected chi connectivity index (χ2v) is 13.2. The molecular formula is C35H46O2. The van der Waals surface area contributed by atoms with Crippen molar-refractivity contribution in [3.05, 3.63) is 83.0 Å². The van der Waals surface area contributed by atoms with Crippen LogP contribution in [-0.4, -0.2) is 12.1 Å². The number of ether oxygens (including phenoxy) is 1. The number of hydrogen-bond donors (Lipinski definition) is 0. The predicted molar refractivity (Wildman–Crippen MR) is 153 cm³/mol. The summed E-state index contributed by atoms with van der Waals surface area (Å²) in [5.41, 5.74) is 5.69. The molecule has 0 N–H and O–H groups in total. The van der Waals surface area contributed by atoms with E-state index in [1.807, 2.05) is 30.3 Å². The lowest BCUT2D eigenvalue weighted by molar-refractivity contribution is 0.0201. The third kappa shape index (κ3) is 4.70. The fourth-order valence-corrected chi connectivity index (χ4v) is 7.84. The first-order valence-corrected chi connectivity index (χ1v) is 14.7. The van der Waals surface area contributed by atoms with Crippen molar-refractivity contribution in [2.24, 2.45) is 40.4 Å².